The predicted molar refractivity (Wildman–Crippen MR) is 66.1 cm³/mol. The van der Waals surface area contributed by atoms with Crippen molar-refractivity contribution in [3.63, 3.8) is 0 Å². The minimum atomic E-state index is -0.0272. The highest BCUT2D eigenvalue weighted by atomic mass is 35.5. The fraction of sp³-hybridized carbons (Fsp3) is 0.636. The third-order valence-electron chi connectivity index (χ3n) is 2.65. The second-order valence-electron chi connectivity index (χ2n) is 3.81. The Balaban J connectivity index is 1.94. The van der Waals surface area contributed by atoms with Gasteiger partial charge in [-0.2, -0.15) is 0 Å². The molecule has 1 aliphatic heterocycles. The maximum atomic E-state index is 5.99. The van der Waals surface area contributed by atoms with Crippen molar-refractivity contribution in [2.45, 2.75) is 25.0 Å². The summed E-state index contributed by atoms with van der Waals surface area (Å²) < 4.78 is 12.1. The molecule has 0 aliphatic carbocycles. The molecule has 0 spiro atoms. The number of thiophene rings is 1. The number of hydrogen-bond acceptors (Lipinski definition) is 4. The molecule has 1 aliphatic rings. The summed E-state index contributed by atoms with van der Waals surface area (Å²) in [5.74, 6) is 0. The van der Waals surface area contributed by atoms with E-state index < -0.39 is 0 Å². The average Bonchev–Trinajstić information content (AvgIpc) is 2.74. The van der Waals surface area contributed by atoms with Gasteiger partial charge < -0.3 is 15.2 Å². The highest BCUT2D eigenvalue weighted by molar-refractivity contribution is 7.16. The fourth-order valence-corrected chi connectivity index (χ4v) is 2.90. The first-order chi connectivity index (χ1) is 7.79. The molecule has 16 heavy (non-hydrogen) atoms. The largest absolute Gasteiger partial charge is 0.381 e. The summed E-state index contributed by atoms with van der Waals surface area (Å²) in [6, 6.07) is 3.88. The molecule has 1 saturated heterocycles. The molecule has 0 aromatic carbocycles. The Morgan fingerprint density at radius 1 is 1.50 bits per heavy atom. The zero-order chi connectivity index (χ0) is 11.4. The van der Waals surface area contributed by atoms with Crippen LogP contribution in [0.25, 0.3) is 0 Å². The molecule has 1 aromatic rings. The van der Waals surface area contributed by atoms with E-state index in [0.29, 0.717) is 6.54 Å². The van der Waals surface area contributed by atoms with Crippen LogP contribution in [0.5, 0.6) is 0 Å². The summed E-state index contributed by atoms with van der Waals surface area (Å²) in [5, 5.41) is 0. The quantitative estimate of drug-likeness (QED) is 0.906. The van der Waals surface area contributed by atoms with Gasteiger partial charge in [-0.15, -0.1) is 11.3 Å². The Kier molecular flexibility index (Phi) is 4.61. The van der Waals surface area contributed by atoms with Crippen LogP contribution in [0.1, 0.15) is 23.8 Å². The van der Waals surface area contributed by atoms with Gasteiger partial charge in [0.15, 0.2) is 0 Å². The average molecular weight is 262 g/mol. The number of halogens is 1. The van der Waals surface area contributed by atoms with Crippen LogP contribution >= 0.6 is 22.9 Å². The standard InChI is InChI=1S/C11H16ClNO2S/c12-11-2-1-10(16-11)9(7-13)15-8-3-5-14-6-4-8/h1-2,8-9H,3-7,13H2. The molecule has 2 N–H and O–H groups in total. The van der Waals surface area contributed by atoms with Crippen molar-refractivity contribution < 1.29 is 9.47 Å². The molecule has 0 bridgehead atoms. The number of hydrogen-bond donors (Lipinski definition) is 1. The van der Waals surface area contributed by atoms with E-state index in [4.69, 9.17) is 26.8 Å². The van der Waals surface area contributed by atoms with Gasteiger partial charge >= 0.3 is 0 Å². The zero-order valence-corrected chi connectivity index (χ0v) is 10.6. The lowest BCUT2D eigenvalue weighted by molar-refractivity contribution is -0.0654. The monoisotopic (exact) mass is 261 g/mol. The molecular weight excluding hydrogens is 246 g/mol. The zero-order valence-electron chi connectivity index (χ0n) is 9.02. The van der Waals surface area contributed by atoms with Gasteiger partial charge in [0.05, 0.1) is 10.4 Å². The van der Waals surface area contributed by atoms with Crippen LogP contribution in [0, 0.1) is 0 Å². The van der Waals surface area contributed by atoms with Crippen LogP contribution in [0.15, 0.2) is 12.1 Å². The van der Waals surface area contributed by atoms with E-state index in [1.165, 1.54) is 11.3 Å². The lowest BCUT2D eigenvalue weighted by Crippen LogP contribution is -2.27. The fourth-order valence-electron chi connectivity index (χ4n) is 1.78. The van der Waals surface area contributed by atoms with E-state index in [0.717, 1.165) is 35.3 Å². The molecular formula is C11H16ClNO2S. The maximum absolute atomic E-state index is 5.99. The SMILES string of the molecule is NCC(OC1CCOCC1)c1ccc(Cl)s1. The predicted octanol–water partition coefficient (Wildman–Crippen LogP) is 2.60. The Hall–Kier alpha value is -0.130. The lowest BCUT2D eigenvalue weighted by Gasteiger charge is -2.26. The van der Waals surface area contributed by atoms with Gasteiger partial charge in [-0.1, -0.05) is 11.6 Å². The molecule has 1 aromatic heterocycles. The summed E-state index contributed by atoms with van der Waals surface area (Å²) in [7, 11) is 0. The third-order valence-corrected chi connectivity index (χ3v) is 3.97. The van der Waals surface area contributed by atoms with Crippen molar-refractivity contribution in [3.05, 3.63) is 21.3 Å². The lowest BCUT2D eigenvalue weighted by atomic mass is 10.1. The van der Waals surface area contributed by atoms with Crippen LogP contribution < -0.4 is 5.73 Å². The Morgan fingerprint density at radius 3 is 2.81 bits per heavy atom. The summed E-state index contributed by atoms with van der Waals surface area (Å²) in [4.78, 5) is 1.11. The van der Waals surface area contributed by atoms with Crippen LogP contribution in [0.4, 0.5) is 0 Å². The van der Waals surface area contributed by atoms with Crippen molar-refractivity contribution in [2.24, 2.45) is 5.73 Å². The van der Waals surface area contributed by atoms with Gasteiger partial charge in [0.2, 0.25) is 0 Å². The van der Waals surface area contributed by atoms with Crippen molar-refractivity contribution in [3.8, 4) is 0 Å². The van der Waals surface area contributed by atoms with Gasteiger partial charge in [0.25, 0.3) is 0 Å². The molecule has 2 rings (SSSR count). The van der Waals surface area contributed by atoms with E-state index in [-0.39, 0.29) is 12.2 Å². The van der Waals surface area contributed by atoms with Gasteiger partial charge in [-0.25, -0.2) is 0 Å². The molecule has 1 fully saturated rings. The van der Waals surface area contributed by atoms with Gasteiger partial charge in [-0.3, -0.25) is 0 Å². The molecule has 0 radical (unpaired) electrons. The Bertz CT molecular complexity index is 326. The van der Waals surface area contributed by atoms with E-state index in [9.17, 15) is 0 Å². The van der Waals surface area contributed by atoms with Crippen LogP contribution in [-0.2, 0) is 9.47 Å². The van der Waals surface area contributed by atoms with E-state index in [1.807, 2.05) is 12.1 Å². The molecule has 1 atom stereocenters. The topological polar surface area (TPSA) is 44.5 Å². The second kappa shape index (κ2) is 5.98. The minimum absolute atomic E-state index is 0.0272. The Labute approximate surface area is 104 Å². The maximum Gasteiger partial charge on any atom is 0.104 e. The number of ether oxygens (including phenoxy) is 2. The first-order valence-electron chi connectivity index (χ1n) is 5.48. The smallest absolute Gasteiger partial charge is 0.104 e. The normalized spacial score (nSPS) is 19.9. The van der Waals surface area contributed by atoms with Gasteiger partial charge in [0.1, 0.15) is 6.10 Å². The van der Waals surface area contributed by atoms with Gasteiger partial charge in [-0.05, 0) is 25.0 Å². The van der Waals surface area contributed by atoms with Gasteiger partial charge in [0, 0.05) is 24.6 Å². The number of rotatable bonds is 4. The van der Waals surface area contributed by atoms with E-state index in [2.05, 4.69) is 0 Å². The molecule has 90 valence electrons. The highest BCUT2D eigenvalue weighted by Crippen LogP contribution is 2.30. The van der Waals surface area contributed by atoms with Crippen molar-refractivity contribution >= 4 is 22.9 Å². The molecule has 2 heterocycles. The summed E-state index contributed by atoms with van der Waals surface area (Å²) in [5.41, 5.74) is 5.74. The number of nitrogens with two attached hydrogens (primary N) is 1. The Morgan fingerprint density at radius 2 is 2.25 bits per heavy atom. The summed E-state index contributed by atoms with van der Waals surface area (Å²) in [6.45, 7) is 2.06. The third kappa shape index (κ3) is 3.18. The van der Waals surface area contributed by atoms with Crippen molar-refractivity contribution in [1.29, 1.82) is 0 Å². The minimum Gasteiger partial charge on any atom is -0.381 e. The summed E-state index contributed by atoms with van der Waals surface area (Å²) >= 11 is 7.44. The highest BCUT2D eigenvalue weighted by Gasteiger charge is 2.20. The van der Waals surface area contributed by atoms with Crippen molar-refractivity contribution in [1.82, 2.24) is 0 Å². The van der Waals surface area contributed by atoms with Crippen molar-refractivity contribution in [2.75, 3.05) is 19.8 Å². The first kappa shape index (κ1) is 12.3. The van der Waals surface area contributed by atoms with Crippen LogP contribution in [0.3, 0.4) is 0 Å². The molecule has 5 heteroatoms. The molecule has 0 amide bonds. The molecule has 0 saturated carbocycles. The second-order valence-corrected chi connectivity index (χ2v) is 5.56. The van der Waals surface area contributed by atoms with E-state index >= 15 is 0 Å². The van der Waals surface area contributed by atoms with Crippen LogP contribution in [-0.4, -0.2) is 25.9 Å². The van der Waals surface area contributed by atoms with E-state index in [1.54, 1.807) is 0 Å². The first-order valence-corrected chi connectivity index (χ1v) is 6.67. The summed E-state index contributed by atoms with van der Waals surface area (Å²) in [6.07, 6.45) is 2.15. The molecule has 3 nitrogen and oxygen atoms in total. The molecule has 1 unspecified atom stereocenters. The van der Waals surface area contributed by atoms with Crippen LogP contribution in [0.2, 0.25) is 4.34 Å².